The third-order valence-corrected chi connectivity index (χ3v) is 4.88. The minimum atomic E-state index is -0.518. The van der Waals surface area contributed by atoms with Crippen molar-refractivity contribution >= 4 is 23.2 Å². The lowest BCUT2D eigenvalue weighted by Crippen LogP contribution is -2.24. The van der Waals surface area contributed by atoms with Crippen LogP contribution >= 0.6 is 11.6 Å². The number of amides is 1. The SMILES string of the molecule is Cc1nn(C(C)C(=O)Nc2c(C)nn(Cc3ccc(F)cc3)c2C)cc1Cl. The third-order valence-electron chi connectivity index (χ3n) is 4.51. The van der Waals surface area contributed by atoms with E-state index >= 15 is 0 Å². The molecule has 0 radical (unpaired) electrons. The van der Waals surface area contributed by atoms with Crippen LogP contribution in [0.3, 0.4) is 0 Å². The van der Waals surface area contributed by atoms with Gasteiger partial charge in [0.25, 0.3) is 0 Å². The molecule has 1 amide bonds. The van der Waals surface area contributed by atoms with Crippen molar-refractivity contribution in [3.63, 3.8) is 0 Å². The molecule has 3 rings (SSSR count). The fraction of sp³-hybridized carbons (Fsp3) is 0.316. The number of rotatable bonds is 5. The molecular formula is C19H21ClFN5O. The van der Waals surface area contributed by atoms with Crippen LogP contribution in [0.25, 0.3) is 0 Å². The maximum absolute atomic E-state index is 13.1. The molecule has 0 saturated carbocycles. The molecular weight excluding hydrogens is 369 g/mol. The van der Waals surface area contributed by atoms with Gasteiger partial charge in [0, 0.05) is 6.20 Å². The molecule has 0 aliphatic rings. The Morgan fingerprint density at radius 3 is 2.44 bits per heavy atom. The normalized spacial score (nSPS) is 12.2. The topological polar surface area (TPSA) is 64.7 Å². The molecule has 1 aromatic carbocycles. The molecule has 0 bridgehead atoms. The number of carbonyl (C=O) groups is 1. The molecule has 0 saturated heterocycles. The zero-order valence-corrected chi connectivity index (χ0v) is 16.4. The maximum atomic E-state index is 13.1. The van der Waals surface area contributed by atoms with Gasteiger partial charge in [-0.25, -0.2) is 4.39 Å². The summed E-state index contributed by atoms with van der Waals surface area (Å²) in [5.74, 6) is -0.482. The second kappa shape index (κ2) is 7.52. The summed E-state index contributed by atoms with van der Waals surface area (Å²) < 4.78 is 16.4. The Morgan fingerprint density at radius 2 is 1.85 bits per heavy atom. The van der Waals surface area contributed by atoms with Gasteiger partial charge in [-0.05, 0) is 45.4 Å². The van der Waals surface area contributed by atoms with Gasteiger partial charge < -0.3 is 5.32 Å². The molecule has 0 spiro atoms. The van der Waals surface area contributed by atoms with E-state index < -0.39 is 6.04 Å². The van der Waals surface area contributed by atoms with Crippen LogP contribution in [0, 0.1) is 26.6 Å². The Morgan fingerprint density at radius 1 is 1.19 bits per heavy atom. The first-order valence-corrected chi connectivity index (χ1v) is 8.94. The van der Waals surface area contributed by atoms with Crippen LogP contribution < -0.4 is 5.32 Å². The van der Waals surface area contributed by atoms with E-state index in [1.54, 1.807) is 41.5 Å². The largest absolute Gasteiger partial charge is 0.321 e. The van der Waals surface area contributed by atoms with E-state index in [-0.39, 0.29) is 11.7 Å². The lowest BCUT2D eigenvalue weighted by Gasteiger charge is -2.13. The summed E-state index contributed by atoms with van der Waals surface area (Å²) in [6.45, 7) is 7.76. The summed E-state index contributed by atoms with van der Waals surface area (Å²) in [6.07, 6.45) is 1.64. The number of hydrogen-bond donors (Lipinski definition) is 1. The zero-order valence-electron chi connectivity index (χ0n) is 15.6. The van der Waals surface area contributed by atoms with Crippen molar-refractivity contribution in [2.45, 2.75) is 40.3 Å². The summed E-state index contributed by atoms with van der Waals surface area (Å²) in [4.78, 5) is 12.6. The summed E-state index contributed by atoms with van der Waals surface area (Å²) in [6, 6.07) is 5.76. The summed E-state index contributed by atoms with van der Waals surface area (Å²) >= 11 is 6.03. The predicted molar refractivity (Wildman–Crippen MR) is 103 cm³/mol. The number of anilines is 1. The fourth-order valence-electron chi connectivity index (χ4n) is 2.80. The lowest BCUT2D eigenvalue weighted by atomic mass is 10.2. The quantitative estimate of drug-likeness (QED) is 0.716. The van der Waals surface area contributed by atoms with Crippen LogP contribution in [0.15, 0.2) is 30.5 Å². The number of nitrogens with one attached hydrogen (secondary N) is 1. The van der Waals surface area contributed by atoms with Gasteiger partial charge in [0.2, 0.25) is 5.91 Å². The molecule has 0 aliphatic heterocycles. The van der Waals surface area contributed by atoms with Crippen LogP contribution in [0.1, 0.15) is 35.6 Å². The smallest absolute Gasteiger partial charge is 0.249 e. The molecule has 3 aromatic rings. The Kier molecular flexibility index (Phi) is 5.32. The van der Waals surface area contributed by atoms with Gasteiger partial charge in [-0.1, -0.05) is 23.7 Å². The number of nitrogens with zero attached hydrogens (tertiary/aromatic N) is 4. The van der Waals surface area contributed by atoms with Crippen molar-refractivity contribution in [2.75, 3.05) is 5.32 Å². The third kappa shape index (κ3) is 4.03. The summed E-state index contributed by atoms with van der Waals surface area (Å²) in [5.41, 5.74) is 3.81. The molecule has 27 heavy (non-hydrogen) atoms. The molecule has 0 fully saturated rings. The number of aryl methyl sites for hydroxylation is 2. The van der Waals surface area contributed by atoms with E-state index in [9.17, 15) is 9.18 Å². The number of hydrogen-bond acceptors (Lipinski definition) is 3. The summed E-state index contributed by atoms with van der Waals surface area (Å²) in [5, 5.41) is 12.2. The van der Waals surface area contributed by atoms with Gasteiger partial charge in [-0.3, -0.25) is 14.2 Å². The minimum absolute atomic E-state index is 0.207. The number of carbonyl (C=O) groups excluding carboxylic acids is 1. The van der Waals surface area contributed by atoms with E-state index in [1.807, 2.05) is 13.8 Å². The van der Waals surface area contributed by atoms with Gasteiger partial charge in [0.1, 0.15) is 11.9 Å². The Balaban J connectivity index is 1.77. The number of aromatic nitrogens is 4. The number of halogens is 2. The minimum Gasteiger partial charge on any atom is -0.321 e. The highest BCUT2D eigenvalue weighted by Gasteiger charge is 2.21. The molecule has 142 valence electrons. The van der Waals surface area contributed by atoms with Gasteiger partial charge in [0.15, 0.2) is 0 Å². The first-order valence-electron chi connectivity index (χ1n) is 8.57. The highest BCUT2D eigenvalue weighted by molar-refractivity contribution is 6.31. The van der Waals surface area contributed by atoms with Crippen LogP contribution in [0.5, 0.6) is 0 Å². The van der Waals surface area contributed by atoms with Crippen LogP contribution in [0.2, 0.25) is 5.02 Å². The lowest BCUT2D eigenvalue weighted by molar-refractivity contribution is -0.119. The Bertz CT molecular complexity index is 957. The van der Waals surface area contributed by atoms with Gasteiger partial charge in [-0.15, -0.1) is 0 Å². The van der Waals surface area contributed by atoms with Crippen molar-refractivity contribution in [3.05, 3.63) is 63.9 Å². The van der Waals surface area contributed by atoms with Crippen molar-refractivity contribution in [2.24, 2.45) is 0 Å². The first-order chi connectivity index (χ1) is 12.8. The molecule has 8 heteroatoms. The molecule has 1 N–H and O–H groups in total. The van der Waals surface area contributed by atoms with Crippen LogP contribution in [-0.2, 0) is 11.3 Å². The Hall–Kier alpha value is -2.67. The van der Waals surface area contributed by atoms with Crippen LogP contribution in [0.4, 0.5) is 10.1 Å². The second-order valence-corrected chi connectivity index (χ2v) is 6.94. The molecule has 2 heterocycles. The monoisotopic (exact) mass is 389 g/mol. The average Bonchev–Trinajstić information content (AvgIpc) is 3.10. The zero-order chi connectivity index (χ0) is 19.7. The van der Waals surface area contributed by atoms with E-state index in [2.05, 4.69) is 15.5 Å². The van der Waals surface area contributed by atoms with Crippen molar-refractivity contribution in [3.8, 4) is 0 Å². The van der Waals surface area contributed by atoms with E-state index in [0.717, 1.165) is 11.3 Å². The molecule has 1 unspecified atom stereocenters. The van der Waals surface area contributed by atoms with E-state index in [0.29, 0.717) is 28.6 Å². The summed E-state index contributed by atoms with van der Waals surface area (Å²) in [7, 11) is 0. The highest BCUT2D eigenvalue weighted by atomic mass is 35.5. The van der Waals surface area contributed by atoms with E-state index in [1.165, 1.54) is 12.1 Å². The Labute approximate surface area is 161 Å². The van der Waals surface area contributed by atoms with Crippen LogP contribution in [-0.4, -0.2) is 25.5 Å². The van der Waals surface area contributed by atoms with Crippen molar-refractivity contribution in [1.29, 1.82) is 0 Å². The van der Waals surface area contributed by atoms with E-state index in [4.69, 9.17) is 11.6 Å². The van der Waals surface area contributed by atoms with Crippen molar-refractivity contribution in [1.82, 2.24) is 19.6 Å². The molecule has 2 aromatic heterocycles. The van der Waals surface area contributed by atoms with Gasteiger partial charge in [-0.2, -0.15) is 10.2 Å². The predicted octanol–water partition coefficient (Wildman–Crippen LogP) is 4.05. The van der Waals surface area contributed by atoms with Gasteiger partial charge >= 0.3 is 0 Å². The average molecular weight is 390 g/mol. The maximum Gasteiger partial charge on any atom is 0.249 e. The fourth-order valence-corrected chi connectivity index (χ4v) is 2.94. The van der Waals surface area contributed by atoms with Crippen molar-refractivity contribution < 1.29 is 9.18 Å². The van der Waals surface area contributed by atoms with Gasteiger partial charge in [0.05, 0.1) is 34.3 Å². The number of benzene rings is 1. The second-order valence-electron chi connectivity index (χ2n) is 6.54. The molecule has 1 atom stereocenters. The molecule has 6 nitrogen and oxygen atoms in total. The molecule has 0 aliphatic carbocycles. The first kappa shape index (κ1) is 19.1. The standard InChI is InChI=1S/C19H21ClFN5O/c1-11-17(20)10-26(23-11)14(4)19(27)22-18-12(2)24-25(13(18)3)9-15-5-7-16(21)8-6-15/h5-8,10,14H,9H2,1-4H3,(H,22,27). The highest BCUT2D eigenvalue weighted by Crippen LogP contribution is 2.23.